The molecule has 2 N–H and O–H groups in total. The Kier molecular flexibility index (Phi) is 4.59. The van der Waals surface area contributed by atoms with Crippen molar-refractivity contribution < 1.29 is 9.53 Å². The molecule has 5 nitrogen and oxygen atoms in total. The van der Waals surface area contributed by atoms with Gasteiger partial charge in [0.15, 0.2) is 0 Å². The van der Waals surface area contributed by atoms with Gasteiger partial charge in [-0.25, -0.2) is 0 Å². The predicted molar refractivity (Wildman–Crippen MR) is 70.2 cm³/mol. The largest absolute Gasteiger partial charge is 0.378 e. The van der Waals surface area contributed by atoms with Crippen LogP contribution in [0.5, 0.6) is 0 Å². The summed E-state index contributed by atoms with van der Waals surface area (Å²) in [5.41, 5.74) is 6.02. The summed E-state index contributed by atoms with van der Waals surface area (Å²) in [5.74, 6) is 0.708. The first kappa shape index (κ1) is 13.8. The Labute approximate surface area is 109 Å². The van der Waals surface area contributed by atoms with E-state index in [0.717, 1.165) is 32.6 Å². The van der Waals surface area contributed by atoms with Crippen molar-refractivity contribution in [1.29, 1.82) is 0 Å². The van der Waals surface area contributed by atoms with Crippen molar-refractivity contribution in [2.75, 3.05) is 39.4 Å². The predicted octanol–water partition coefficient (Wildman–Crippen LogP) is -0.0972. The molecule has 18 heavy (non-hydrogen) atoms. The second-order valence-corrected chi connectivity index (χ2v) is 5.54. The monoisotopic (exact) mass is 255 g/mol. The van der Waals surface area contributed by atoms with Crippen LogP contribution in [0.2, 0.25) is 0 Å². The minimum absolute atomic E-state index is 0.0296. The Morgan fingerprint density at radius 2 is 2.00 bits per heavy atom. The zero-order chi connectivity index (χ0) is 13.1. The highest BCUT2D eigenvalue weighted by molar-refractivity contribution is 5.81. The zero-order valence-corrected chi connectivity index (χ0v) is 11.5. The van der Waals surface area contributed by atoms with Crippen molar-refractivity contribution in [3.8, 4) is 0 Å². The lowest BCUT2D eigenvalue weighted by atomic mass is 9.93. The van der Waals surface area contributed by atoms with E-state index in [4.69, 9.17) is 10.5 Å². The molecule has 3 atom stereocenters. The molecule has 0 bridgehead atoms. The fourth-order valence-electron chi connectivity index (χ4n) is 2.75. The molecule has 104 valence electrons. The molecule has 0 spiro atoms. The molecule has 2 fully saturated rings. The fraction of sp³-hybridized carbons (Fsp3) is 0.923. The molecular weight excluding hydrogens is 230 g/mol. The van der Waals surface area contributed by atoms with Gasteiger partial charge < -0.3 is 15.4 Å². The summed E-state index contributed by atoms with van der Waals surface area (Å²) < 4.78 is 5.28. The highest BCUT2D eigenvalue weighted by Gasteiger charge is 2.31. The molecule has 2 aliphatic heterocycles. The summed E-state index contributed by atoms with van der Waals surface area (Å²) in [6.07, 6.45) is 0.988. The van der Waals surface area contributed by atoms with Crippen LogP contribution in [0.4, 0.5) is 0 Å². The zero-order valence-electron chi connectivity index (χ0n) is 11.5. The summed E-state index contributed by atoms with van der Waals surface area (Å²) >= 11 is 0. The maximum atomic E-state index is 12.4. The van der Waals surface area contributed by atoms with Crippen LogP contribution in [0.15, 0.2) is 0 Å². The van der Waals surface area contributed by atoms with E-state index in [1.54, 1.807) is 0 Å². The first-order valence-electron chi connectivity index (χ1n) is 6.95. The van der Waals surface area contributed by atoms with Gasteiger partial charge in [0, 0.05) is 32.2 Å². The molecule has 5 heteroatoms. The number of carbonyl (C=O) groups excluding carboxylic acids is 1. The summed E-state index contributed by atoms with van der Waals surface area (Å²) in [5, 5.41) is 0. The van der Waals surface area contributed by atoms with E-state index in [0.29, 0.717) is 19.1 Å². The molecule has 0 aromatic rings. The number of piperidine rings is 1. The molecule has 2 aliphatic rings. The Bertz CT molecular complexity index is 292. The first-order valence-corrected chi connectivity index (χ1v) is 6.95. The van der Waals surface area contributed by atoms with Gasteiger partial charge in [0.2, 0.25) is 5.91 Å². The van der Waals surface area contributed by atoms with E-state index >= 15 is 0 Å². The lowest BCUT2D eigenvalue weighted by Gasteiger charge is -2.40. The van der Waals surface area contributed by atoms with Crippen LogP contribution in [0.3, 0.4) is 0 Å². The lowest BCUT2D eigenvalue weighted by Crippen LogP contribution is -2.55. The maximum Gasteiger partial charge on any atom is 0.239 e. The quantitative estimate of drug-likeness (QED) is 0.749. The second-order valence-electron chi connectivity index (χ2n) is 5.54. The van der Waals surface area contributed by atoms with Crippen molar-refractivity contribution in [3.05, 3.63) is 0 Å². The SMILES string of the molecule is CC1CN(C(C)C(=O)N2CCOCC2)CCC1N. The molecular formula is C13H25N3O2. The lowest BCUT2D eigenvalue weighted by molar-refractivity contribution is -0.141. The maximum absolute atomic E-state index is 12.4. The van der Waals surface area contributed by atoms with E-state index < -0.39 is 0 Å². The Morgan fingerprint density at radius 3 is 2.61 bits per heavy atom. The molecule has 3 unspecified atom stereocenters. The minimum Gasteiger partial charge on any atom is -0.378 e. The highest BCUT2D eigenvalue weighted by Crippen LogP contribution is 2.18. The van der Waals surface area contributed by atoms with Gasteiger partial charge in [0.1, 0.15) is 0 Å². The van der Waals surface area contributed by atoms with Crippen LogP contribution in [0.1, 0.15) is 20.3 Å². The van der Waals surface area contributed by atoms with Crippen LogP contribution in [0.25, 0.3) is 0 Å². The number of morpholine rings is 1. The molecule has 0 aliphatic carbocycles. The number of rotatable bonds is 2. The van der Waals surface area contributed by atoms with Crippen molar-refractivity contribution >= 4 is 5.91 Å². The van der Waals surface area contributed by atoms with E-state index in [1.807, 2.05) is 11.8 Å². The van der Waals surface area contributed by atoms with Crippen molar-refractivity contribution in [3.63, 3.8) is 0 Å². The van der Waals surface area contributed by atoms with Gasteiger partial charge in [-0.2, -0.15) is 0 Å². The molecule has 0 saturated carbocycles. The standard InChI is InChI=1S/C13H25N3O2/c1-10-9-16(4-3-12(10)14)11(2)13(17)15-5-7-18-8-6-15/h10-12H,3-9,14H2,1-2H3. The van der Waals surface area contributed by atoms with Crippen LogP contribution < -0.4 is 5.73 Å². The number of nitrogens with zero attached hydrogens (tertiary/aromatic N) is 2. The molecule has 2 heterocycles. The Balaban J connectivity index is 1.89. The number of likely N-dealkylation sites (tertiary alicyclic amines) is 1. The van der Waals surface area contributed by atoms with Crippen molar-refractivity contribution in [2.24, 2.45) is 11.7 Å². The van der Waals surface area contributed by atoms with Crippen molar-refractivity contribution in [2.45, 2.75) is 32.4 Å². The average Bonchev–Trinajstić information content (AvgIpc) is 2.41. The third-order valence-electron chi connectivity index (χ3n) is 4.23. The first-order chi connectivity index (χ1) is 8.59. The number of hydrogen-bond acceptors (Lipinski definition) is 4. The van der Waals surface area contributed by atoms with Gasteiger partial charge in [-0.3, -0.25) is 9.69 Å². The fourth-order valence-corrected chi connectivity index (χ4v) is 2.75. The van der Waals surface area contributed by atoms with Gasteiger partial charge in [-0.05, 0) is 19.3 Å². The molecule has 1 amide bonds. The molecule has 0 aromatic carbocycles. The number of carbonyl (C=O) groups is 1. The number of ether oxygens (including phenoxy) is 1. The van der Waals surface area contributed by atoms with E-state index in [1.165, 1.54) is 0 Å². The van der Waals surface area contributed by atoms with Gasteiger partial charge in [0.25, 0.3) is 0 Å². The normalized spacial score (nSPS) is 32.3. The van der Waals surface area contributed by atoms with Gasteiger partial charge >= 0.3 is 0 Å². The minimum atomic E-state index is -0.0296. The topological polar surface area (TPSA) is 58.8 Å². The molecule has 0 radical (unpaired) electrons. The summed E-state index contributed by atoms with van der Waals surface area (Å²) in [4.78, 5) is 16.6. The average molecular weight is 255 g/mol. The summed E-state index contributed by atoms with van der Waals surface area (Å²) in [7, 11) is 0. The van der Waals surface area contributed by atoms with Crippen LogP contribution >= 0.6 is 0 Å². The van der Waals surface area contributed by atoms with E-state index in [2.05, 4.69) is 11.8 Å². The molecule has 2 saturated heterocycles. The van der Waals surface area contributed by atoms with E-state index in [9.17, 15) is 4.79 Å². The third-order valence-corrected chi connectivity index (χ3v) is 4.23. The third kappa shape index (κ3) is 3.02. The molecule has 0 aromatic heterocycles. The Hall–Kier alpha value is -0.650. The second kappa shape index (κ2) is 5.99. The van der Waals surface area contributed by atoms with Gasteiger partial charge in [0.05, 0.1) is 19.3 Å². The number of hydrogen-bond donors (Lipinski definition) is 1. The highest BCUT2D eigenvalue weighted by atomic mass is 16.5. The van der Waals surface area contributed by atoms with Gasteiger partial charge in [-0.15, -0.1) is 0 Å². The molecule has 2 rings (SSSR count). The van der Waals surface area contributed by atoms with Crippen LogP contribution in [-0.2, 0) is 9.53 Å². The smallest absolute Gasteiger partial charge is 0.239 e. The number of amides is 1. The van der Waals surface area contributed by atoms with Gasteiger partial charge in [-0.1, -0.05) is 6.92 Å². The van der Waals surface area contributed by atoms with Crippen LogP contribution in [0, 0.1) is 5.92 Å². The number of nitrogens with two attached hydrogens (primary N) is 1. The van der Waals surface area contributed by atoms with E-state index in [-0.39, 0.29) is 18.0 Å². The summed E-state index contributed by atoms with van der Waals surface area (Å²) in [6.45, 7) is 8.84. The Morgan fingerprint density at radius 1 is 1.33 bits per heavy atom. The summed E-state index contributed by atoms with van der Waals surface area (Å²) in [6, 6.07) is 0.255. The van der Waals surface area contributed by atoms with Crippen molar-refractivity contribution in [1.82, 2.24) is 9.80 Å². The van der Waals surface area contributed by atoms with Crippen LogP contribution in [-0.4, -0.2) is 67.2 Å².